The molecule has 1 heterocycles. The molecule has 18 heavy (non-hydrogen) atoms. The summed E-state index contributed by atoms with van der Waals surface area (Å²) in [6, 6.07) is 7.45. The first-order chi connectivity index (χ1) is 8.69. The SMILES string of the molecule is COc1ccc(-c2noc(CCC(C)O)n2)cc1. The first-order valence-corrected chi connectivity index (χ1v) is 5.84. The minimum absolute atomic E-state index is 0.360. The highest BCUT2D eigenvalue weighted by Crippen LogP contribution is 2.20. The van der Waals surface area contributed by atoms with Gasteiger partial charge in [0.2, 0.25) is 11.7 Å². The van der Waals surface area contributed by atoms with Crippen LogP contribution in [0.1, 0.15) is 19.2 Å². The lowest BCUT2D eigenvalue weighted by atomic mass is 10.2. The average Bonchev–Trinajstić information content (AvgIpc) is 2.85. The van der Waals surface area contributed by atoms with Crippen LogP contribution in [0.2, 0.25) is 0 Å². The average molecular weight is 248 g/mol. The second kappa shape index (κ2) is 5.64. The fourth-order valence-electron chi connectivity index (χ4n) is 1.55. The Labute approximate surface area is 105 Å². The fraction of sp³-hybridized carbons (Fsp3) is 0.385. The van der Waals surface area contributed by atoms with E-state index in [2.05, 4.69) is 10.1 Å². The number of rotatable bonds is 5. The van der Waals surface area contributed by atoms with Gasteiger partial charge in [-0.3, -0.25) is 0 Å². The van der Waals surface area contributed by atoms with Crippen LogP contribution in [0.15, 0.2) is 28.8 Å². The van der Waals surface area contributed by atoms with Gasteiger partial charge in [0.1, 0.15) is 5.75 Å². The van der Waals surface area contributed by atoms with Crippen LogP contribution in [-0.2, 0) is 6.42 Å². The summed E-state index contributed by atoms with van der Waals surface area (Å²) in [7, 11) is 1.62. The third-order valence-electron chi connectivity index (χ3n) is 2.59. The van der Waals surface area contributed by atoms with Crippen LogP contribution >= 0.6 is 0 Å². The summed E-state index contributed by atoms with van der Waals surface area (Å²) >= 11 is 0. The molecule has 1 aromatic carbocycles. The van der Waals surface area contributed by atoms with Crippen LogP contribution < -0.4 is 4.74 Å². The van der Waals surface area contributed by atoms with E-state index in [4.69, 9.17) is 9.26 Å². The van der Waals surface area contributed by atoms with Crippen LogP contribution in [0.25, 0.3) is 11.4 Å². The first kappa shape index (κ1) is 12.6. The van der Waals surface area contributed by atoms with E-state index in [1.807, 2.05) is 24.3 Å². The molecule has 0 radical (unpaired) electrons. The number of benzene rings is 1. The summed E-state index contributed by atoms with van der Waals surface area (Å²) in [5.74, 6) is 1.89. The maximum Gasteiger partial charge on any atom is 0.227 e. The Morgan fingerprint density at radius 1 is 1.33 bits per heavy atom. The van der Waals surface area contributed by atoms with Crippen molar-refractivity contribution in [1.82, 2.24) is 10.1 Å². The Bertz CT molecular complexity index is 491. The fourth-order valence-corrected chi connectivity index (χ4v) is 1.55. The summed E-state index contributed by atoms with van der Waals surface area (Å²) in [6.07, 6.45) is 0.840. The molecule has 1 atom stereocenters. The second-order valence-corrected chi connectivity index (χ2v) is 4.13. The number of aliphatic hydroxyl groups excluding tert-OH is 1. The molecule has 0 aliphatic heterocycles. The number of aryl methyl sites for hydroxylation is 1. The Morgan fingerprint density at radius 3 is 2.67 bits per heavy atom. The molecule has 0 amide bonds. The van der Waals surface area contributed by atoms with Crippen molar-refractivity contribution in [2.75, 3.05) is 7.11 Å². The first-order valence-electron chi connectivity index (χ1n) is 5.84. The number of ether oxygens (including phenoxy) is 1. The Balaban J connectivity index is 2.08. The Morgan fingerprint density at radius 2 is 2.06 bits per heavy atom. The Hall–Kier alpha value is -1.88. The number of aliphatic hydroxyl groups is 1. The standard InChI is InChI=1S/C13H16N2O3/c1-9(16)3-8-12-14-13(15-18-12)10-4-6-11(17-2)7-5-10/h4-7,9,16H,3,8H2,1-2H3. The number of hydrogen-bond donors (Lipinski definition) is 1. The lowest BCUT2D eigenvalue weighted by Gasteiger charge is -1.99. The smallest absolute Gasteiger partial charge is 0.227 e. The van der Waals surface area contributed by atoms with Gasteiger partial charge in [0.15, 0.2) is 0 Å². The lowest BCUT2D eigenvalue weighted by molar-refractivity contribution is 0.180. The van der Waals surface area contributed by atoms with Crippen molar-refractivity contribution in [1.29, 1.82) is 0 Å². The molecule has 2 aromatic rings. The number of methoxy groups -OCH3 is 1. The second-order valence-electron chi connectivity index (χ2n) is 4.13. The summed E-state index contributed by atoms with van der Waals surface area (Å²) in [5, 5.41) is 13.1. The predicted octanol–water partition coefficient (Wildman–Crippen LogP) is 2.06. The molecule has 0 spiro atoms. The van der Waals surface area contributed by atoms with E-state index in [9.17, 15) is 5.11 Å². The largest absolute Gasteiger partial charge is 0.497 e. The highest BCUT2D eigenvalue weighted by Gasteiger charge is 2.09. The molecule has 1 unspecified atom stereocenters. The molecular formula is C13H16N2O3. The molecule has 0 saturated carbocycles. The van der Waals surface area contributed by atoms with Crippen LogP contribution in [-0.4, -0.2) is 28.5 Å². The van der Waals surface area contributed by atoms with Gasteiger partial charge >= 0.3 is 0 Å². The molecule has 0 fully saturated rings. The molecule has 2 rings (SSSR count). The van der Waals surface area contributed by atoms with Gasteiger partial charge in [0.05, 0.1) is 13.2 Å². The molecule has 0 aliphatic carbocycles. The zero-order chi connectivity index (χ0) is 13.0. The van der Waals surface area contributed by atoms with Gasteiger partial charge in [-0.25, -0.2) is 0 Å². The van der Waals surface area contributed by atoms with Crippen LogP contribution in [0.5, 0.6) is 5.75 Å². The maximum absolute atomic E-state index is 9.19. The van der Waals surface area contributed by atoms with Crippen molar-refractivity contribution in [3.63, 3.8) is 0 Å². The summed E-state index contributed by atoms with van der Waals surface area (Å²) in [5.41, 5.74) is 0.878. The van der Waals surface area contributed by atoms with Crippen molar-refractivity contribution in [2.45, 2.75) is 25.9 Å². The van der Waals surface area contributed by atoms with Gasteiger partial charge in [-0.05, 0) is 37.6 Å². The summed E-state index contributed by atoms with van der Waals surface area (Å²) < 4.78 is 10.2. The van der Waals surface area contributed by atoms with Gasteiger partial charge in [-0.1, -0.05) is 5.16 Å². The van der Waals surface area contributed by atoms with Crippen molar-refractivity contribution >= 4 is 0 Å². The zero-order valence-electron chi connectivity index (χ0n) is 10.5. The van der Waals surface area contributed by atoms with E-state index < -0.39 is 0 Å². The number of nitrogens with zero attached hydrogens (tertiary/aromatic N) is 2. The molecule has 0 bridgehead atoms. The van der Waals surface area contributed by atoms with Crippen molar-refractivity contribution in [3.05, 3.63) is 30.2 Å². The molecule has 5 nitrogen and oxygen atoms in total. The molecular weight excluding hydrogens is 232 g/mol. The molecule has 5 heteroatoms. The van der Waals surface area contributed by atoms with Crippen molar-refractivity contribution < 1.29 is 14.4 Å². The third kappa shape index (κ3) is 3.07. The van der Waals surface area contributed by atoms with E-state index in [1.54, 1.807) is 14.0 Å². The number of hydrogen-bond acceptors (Lipinski definition) is 5. The summed E-state index contributed by atoms with van der Waals surface area (Å²) in [4.78, 5) is 4.28. The Kier molecular flexibility index (Phi) is 3.94. The minimum Gasteiger partial charge on any atom is -0.497 e. The van der Waals surface area contributed by atoms with E-state index in [1.165, 1.54) is 0 Å². The van der Waals surface area contributed by atoms with E-state index in [-0.39, 0.29) is 6.10 Å². The monoisotopic (exact) mass is 248 g/mol. The van der Waals surface area contributed by atoms with Crippen LogP contribution in [0.3, 0.4) is 0 Å². The number of aromatic nitrogens is 2. The van der Waals surface area contributed by atoms with Crippen molar-refractivity contribution in [2.24, 2.45) is 0 Å². The summed E-state index contributed by atoms with van der Waals surface area (Å²) in [6.45, 7) is 1.74. The quantitative estimate of drug-likeness (QED) is 0.877. The van der Waals surface area contributed by atoms with Crippen LogP contribution in [0.4, 0.5) is 0 Å². The molecule has 0 aliphatic rings. The molecule has 0 saturated heterocycles. The van der Waals surface area contributed by atoms with Gasteiger partial charge in [-0.15, -0.1) is 0 Å². The zero-order valence-corrected chi connectivity index (χ0v) is 10.5. The van der Waals surface area contributed by atoms with Gasteiger partial charge in [0.25, 0.3) is 0 Å². The van der Waals surface area contributed by atoms with Gasteiger partial charge in [-0.2, -0.15) is 4.98 Å². The molecule has 96 valence electrons. The molecule has 1 N–H and O–H groups in total. The lowest BCUT2D eigenvalue weighted by Crippen LogP contribution is -2.01. The topological polar surface area (TPSA) is 68.4 Å². The van der Waals surface area contributed by atoms with E-state index in [0.29, 0.717) is 24.6 Å². The maximum atomic E-state index is 9.19. The van der Waals surface area contributed by atoms with E-state index >= 15 is 0 Å². The van der Waals surface area contributed by atoms with Gasteiger partial charge in [0, 0.05) is 12.0 Å². The highest BCUT2D eigenvalue weighted by molar-refractivity contribution is 5.55. The van der Waals surface area contributed by atoms with Gasteiger partial charge < -0.3 is 14.4 Å². The normalized spacial score (nSPS) is 12.4. The minimum atomic E-state index is -0.360. The van der Waals surface area contributed by atoms with E-state index in [0.717, 1.165) is 11.3 Å². The third-order valence-corrected chi connectivity index (χ3v) is 2.59. The molecule has 1 aromatic heterocycles. The van der Waals surface area contributed by atoms with Crippen molar-refractivity contribution in [3.8, 4) is 17.1 Å². The van der Waals surface area contributed by atoms with Crippen LogP contribution in [0, 0.1) is 0 Å². The highest BCUT2D eigenvalue weighted by atomic mass is 16.5. The predicted molar refractivity (Wildman–Crippen MR) is 66.3 cm³/mol.